The Morgan fingerprint density at radius 3 is 2.85 bits per heavy atom. The molecule has 5 heteroatoms. The highest BCUT2D eigenvalue weighted by molar-refractivity contribution is 6.22. The fourth-order valence-corrected chi connectivity index (χ4v) is 4.58. The van der Waals surface area contributed by atoms with Gasteiger partial charge in [0.05, 0.1) is 0 Å². The van der Waals surface area contributed by atoms with Crippen LogP contribution in [0.1, 0.15) is 42.9 Å². The van der Waals surface area contributed by atoms with Crippen molar-refractivity contribution in [2.75, 3.05) is 0 Å². The number of allylic oxidation sites excluding steroid dienone is 3. The molecule has 0 spiro atoms. The molecule has 0 saturated carbocycles. The van der Waals surface area contributed by atoms with Crippen molar-refractivity contribution in [2.45, 2.75) is 44.1 Å². The molecule has 4 nitrogen and oxygen atoms in total. The maximum absolute atomic E-state index is 6.84. The van der Waals surface area contributed by atoms with Gasteiger partial charge in [0.1, 0.15) is 23.5 Å². The van der Waals surface area contributed by atoms with Crippen LogP contribution >= 0.6 is 11.6 Å². The van der Waals surface area contributed by atoms with Crippen molar-refractivity contribution in [1.29, 1.82) is 0 Å². The van der Waals surface area contributed by atoms with E-state index in [1.807, 2.05) is 0 Å². The van der Waals surface area contributed by atoms with Gasteiger partial charge in [-0.2, -0.15) is 0 Å². The van der Waals surface area contributed by atoms with Crippen LogP contribution in [0.25, 0.3) is 0 Å². The third-order valence-corrected chi connectivity index (χ3v) is 5.89. The number of benzene rings is 1. The smallest absolute Gasteiger partial charge is 0.146 e. The van der Waals surface area contributed by atoms with Gasteiger partial charge < -0.3 is 0 Å². The van der Waals surface area contributed by atoms with E-state index in [0.717, 1.165) is 42.9 Å². The summed E-state index contributed by atoms with van der Waals surface area (Å²) in [5.74, 6) is 2.03. The third-order valence-electron chi connectivity index (χ3n) is 5.55. The summed E-state index contributed by atoms with van der Waals surface area (Å²) in [5.41, 5.74) is 5.90. The molecule has 0 bridgehead atoms. The fourth-order valence-electron chi connectivity index (χ4n) is 4.19. The number of halogens is 1. The number of hydrogen-bond acceptors (Lipinski definition) is 4. The minimum atomic E-state index is -0.275. The lowest BCUT2D eigenvalue weighted by Crippen LogP contribution is -2.40. The number of fused-ring (bicyclic) bond motifs is 1. The van der Waals surface area contributed by atoms with Crippen LogP contribution in [0.3, 0.4) is 0 Å². The van der Waals surface area contributed by atoms with Crippen LogP contribution in [-0.4, -0.2) is 22.6 Å². The van der Waals surface area contributed by atoms with E-state index in [0.29, 0.717) is 0 Å². The Morgan fingerprint density at radius 1 is 1.15 bits per heavy atom. The number of aliphatic imine (C=N–C) groups is 2. The number of nitrogens with one attached hydrogen (secondary N) is 1. The van der Waals surface area contributed by atoms with Crippen LogP contribution in [0.15, 0.2) is 69.1 Å². The minimum absolute atomic E-state index is 0.211. The molecule has 4 heterocycles. The normalized spacial score (nSPS) is 27.2. The second kappa shape index (κ2) is 6.22. The number of piperidine rings is 2. The van der Waals surface area contributed by atoms with E-state index in [-0.39, 0.29) is 11.5 Å². The second-order valence-corrected chi connectivity index (χ2v) is 7.70. The summed E-state index contributed by atoms with van der Waals surface area (Å²) in [7, 11) is 0. The number of alkyl halides is 1. The molecule has 26 heavy (non-hydrogen) atoms. The highest BCUT2D eigenvalue weighted by Crippen LogP contribution is 2.42. The number of amidine groups is 1. The number of nitrogens with zero attached hydrogens (tertiary/aromatic N) is 3. The standard InChI is InChI=1S/C21H21ClN4/c1-13-5-7-14(8-6-13)17-11-15-9-10-16-3-2-4-18-23-12-24-21(26(16)18)19(15)20(22)25-17/h5-10,12,17,20,25H,2-4,11H2,1H3. The van der Waals surface area contributed by atoms with E-state index in [1.54, 1.807) is 6.34 Å². The Bertz CT molecular complexity index is 904. The van der Waals surface area contributed by atoms with E-state index in [4.69, 9.17) is 11.6 Å². The first-order valence-electron chi connectivity index (χ1n) is 9.21. The molecule has 132 valence electrons. The molecule has 5 rings (SSSR count). The lowest BCUT2D eigenvalue weighted by molar-refractivity contribution is 0.474. The first kappa shape index (κ1) is 16.0. The van der Waals surface area contributed by atoms with E-state index >= 15 is 0 Å². The van der Waals surface area contributed by atoms with Gasteiger partial charge in [-0.25, -0.2) is 9.98 Å². The second-order valence-electron chi connectivity index (χ2n) is 7.26. The highest BCUT2D eigenvalue weighted by atomic mass is 35.5. The topological polar surface area (TPSA) is 40.0 Å². The summed E-state index contributed by atoms with van der Waals surface area (Å²) in [6.07, 6.45) is 10.2. The SMILES string of the molecule is Cc1ccc(C2CC3=CC=C4CCCC5=NC=NC(=C3C(Cl)N2)N45)cc1. The van der Waals surface area contributed by atoms with Gasteiger partial charge in [-0.15, -0.1) is 11.6 Å². The predicted octanol–water partition coefficient (Wildman–Crippen LogP) is 4.56. The van der Waals surface area contributed by atoms with Gasteiger partial charge in [0.2, 0.25) is 0 Å². The molecule has 2 saturated heterocycles. The Labute approximate surface area is 158 Å². The quantitative estimate of drug-likeness (QED) is 0.586. The van der Waals surface area contributed by atoms with Crippen molar-refractivity contribution in [3.05, 3.63) is 70.2 Å². The molecule has 0 amide bonds. The van der Waals surface area contributed by atoms with Crippen molar-refractivity contribution in [2.24, 2.45) is 9.98 Å². The van der Waals surface area contributed by atoms with E-state index < -0.39 is 0 Å². The number of hydrogen-bond donors (Lipinski definition) is 1. The third kappa shape index (κ3) is 2.56. The summed E-state index contributed by atoms with van der Waals surface area (Å²) in [5, 5.41) is 3.58. The van der Waals surface area contributed by atoms with Crippen LogP contribution < -0.4 is 5.32 Å². The van der Waals surface area contributed by atoms with Gasteiger partial charge in [0, 0.05) is 23.7 Å². The molecule has 0 radical (unpaired) electrons. The molecular weight excluding hydrogens is 344 g/mol. The molecule has 0 aromatic heterocycles. The van der Waals surface area contributed by atoms with Crippen molar-refractivity contribution < 1.29 is 0 Å². The van der Waals surface area contributed by atoms with Crippen molar-refractivity contribution >= 4 is 23.8 Å². The summed E-state index contributed by atoms with van der Waals surface area (Å²) >= 11 is 6.84. The zero-order chi connectivity index (χ0) is 17.7. The van der Waals surface area contributed by atoms with E-state index in [9.17, 15) is 0 Å². The van der Waals surface area contributed by atoms with E-state index in [2.05, 4.69) is 63.5 Å². The molecule has 1 N–H and O–H groups in total. The van der Waals surface area contributed by atoms with Crippen LogP contribution in [0.2, 0.25) is 0 Å². The van der Waals surface area contributed by atoms with Crippen LogP contribution in [0, 0.1) is 6.92 Å². The predicted molar refractivity (Wildman–Crippen MR) is 106 cm³/mol. The van der Waals surface area contributed by atoms with Crippen LogP contribution in [0.5, 0.6) is 0 Å². The van der Waals surface area contributed by atoms with Crippen molar-refractivity contribution in [3.63, 3.8) is 0 Å². The first-order valence-corrected chi connectivity index (χ1v) is 9.64. The molecule has 2 fully saturated rings. The molecule has 4 aliphatic rings. The van der Waals surface area contributed by atoms with E-state index in [1.165, 1.54) is 22.4 Å². The molecule has 2 atom stereocenters. The molecular formula is C21H21ClN4. The first-order chi connectivity index (χ1) is 12.7. The lowest BCUT2D eigenvalue weighted by atomic mass is 9.89. The highest BCUT2D eigenvalue weighted by Gasteiger charge is 2.36. The Hall–Kier alpha value is -2.17. The van der Waals surface area contributed by atoms with Crippen LogP contribution in [-0.2, 0) is 0 Å². The molecule has 2 unspecified atom stereocenters. The van der Waals surface area contributed by atoms with Crippen molar-refractivity contribution in [1.82, 2.24) is 10.2 Å². The summed E-state index contributed by atoms with van der Waals surface area (Å²) in [6, 6.07) is 8.91. The van der Waals surface area contributed by atoms with Gasteiger partial charge in [0.25, 0.3) is 0 Å². The van der Waals surface area contributed by atoms with Crippen LogP contribution in [0.4, 0.5) is 0 Å². The Morgan fingerprint density at radius 2 is 2.00 bits per heavy atom. The summed E-state index contributed by atoms with van der Waals surface area (Å²) in [4.78, 5) is 11.3. The molecule has 1 aromatic carbocycles. The zero-order valence-electron chi connectivity index (χ0n) is 14.7. The minimum Gasteiger partial charge on any atom is -0.290 e. The fraction of sp³-hybridized carbons (Fsp3) is 0.333. The van der Waals surface area contributed by atoms with Gasteiger partial charge in [-0.05, 0) is 43.4 Å². The number of rotatable bonds is 1. The van der Waals surface area contributed by atoms with Gasteiger partial charge >= 0.3 is 0 Å². The van der Waals surface area contributed by atoms with Gasteiger partial charge in [-0.3, -0.25) is 10.2 Å². The molecule has 4 aliphatic heterocycles. The Kier molecular flexibility index (Phi) is 3.84. The maximum atomic E-state index is 6.84. The maximum Gasteiger partial charge on any atom is 0.146 e. The monoisotopic (exact) mass is 364 g/mol. The van der Waals surface area contributed by atoms with Crippen molar-refractivity contribution in [3.8, 4) is 0 Å². The summed E-state index contributed by atoms with van der Waals surface area (Å²) in [6.45, 7) is 2.11. The largest absolute Gasteiger partial charge is 0.290 e. The van der Waals surface area contributed by atoms with Gasteiger partial charge in [0.15, 0.2) is 0 Å². The molecule has 0 aliphatic carbocycles. The summed E-state index contributed by atoms with van der Waals surface area (Å²) < 4.78 is 0. The van der Waals surface area contributed by atoms with Gasteiger partial charge in [-0.1, -0.05) is 35.9 Å². The zero-order valence-corrected chi connectivity index (χ0v) is 15.5. The lowest BCUT2D eigenvalue weighted by Gasteiger charge is -2.37. The number of aryl methyl sites for hydroxylation is 1. The molecule has 1 aromatic rings. The Balaban J connectivity index is 1.57. The average Bonchev–Trinajstić information content (AvgIpc) is 2.82. The average molecular weight is 365 g/mol.